The highest BCUT2D eigenvalue weighted by molar-refractivity contribution is 6.08. The first-order valence-corrected chi connectivity index (χ1v) is 6.99. The molecule has 0 unspecified atom stereocenters. The number of carbonyl (C=O) groups is 1. The molecule has 3 rings (SSSR count). The molecule has 0 saturated carbocycles. The average Bonchev–Trinajstić information content (AvgIpc) is 2.43. The molecule has 104 valence electrons. The lowest BCUT2D eigenvalue weighted by molar-refractivity contribution is 0.0992. The third kappa shape index (κ3) is 2.21. The highest BCUT2D eigenvalue weighted by Gasteiger charge is 2.21. The lowest BCUT2D eigenvalue weighted by Crippen LogP contribution is -2.28. The van der Waals surface area contributed by atoms with Gasteiger partial charge in [-0.2, -0.15) is 0 Å². The van der Waals surface area contributed by atoms with Gasteiger partial charge in [0.15, 0.2) is 0 Å². The first-order valence-electron chi connectivity index (χ1n) is 6.99. The van der Waals surface area contributed by atoms with Crippen molar-refractivity contribution in [3.8, 4) is 11.8 Å². The summed E-state index contributed by atoms with van der Waals surface area (Å²) < 4.78 is 0. The first kappa shape index (κ1) is 13.5. The number of hydrogen-bond acceptors (Lipinski definition) is 1. The van der Waals surface area contributed by atoms with E-state index in [1.807, 2.05) is 52.1 Å². The van der Waals surface area contributed by atoms with Gasteiger partial charge in [0.25, 0.3) is 5.91 Å². The third-order valence-electron chi connectivity index (χ3n) is 3.85. The number of carbonyl (C=O) groups excluding carboxylic acids is 1. The molecule has 2 aromatic carbocycles. The molecule has 0 N–H and O–H groups in total. The van der Waals surface area contributed by atoms with Gasteiger partial charge >= 0.3 is 0 Å². The summed E-state index contributed by atoms with van der Waals surface area (Å²) in [5, 5.41) is 0. The van der Waals surface area contributed by atoms with Crippen LogP contribution < -0.4 is 4.90 Å². The van der Waals surface area contributed by atoms with Crippen molar-refractivity contribution in [2.24, 2.45) is 0 Å². The van der Waals surface area contributed by atoms with Gasteiger partial charge in [-0.05, 0) is 55.7 Å². The van der Waals surface area contributed by atoms with E-state index in [-0.39, 0.29) is 5.91 Å². The van der Waals surface area contributed by atoms with Gasteiger partial charge in [0.1, 0.15) is 0 Å². The predicted molar refractivity (Wildman–Crippen MR) is 85.8 cm³/mol. The van der Waals surface area contributed by atoms with E-state index in [1.165, 1.54) is 0 Å². The third-order valence-corrected chi connectivity index (χ3v) is 3.85. The Kier molecular flexibility index (Phi) is 3.07. The molecular weight excluding hydrogens is 258 g/mol. The van der Waals surface area contributed by atoms with Crippen molar-refractivity contribution in [1.82, 2.24) is 0 Å². The van der Waals surface area contributed by atoms with Gasteiger partial charge in [-0.15, -0.1) is 0 Å². The highest BCUT2D eigenvalue weighted by atomic mass is 16.2. The predicted octanol–water partition coefficient (Wildman–Crippen LogP) is 3.60. The first-order chi connectivity index (χ1) is 9.97. The number of rotatable bonds is 0. The molecule has 2 nitrogen and oxygen atoms in total. The van der Waals surface area contributed by atoms with Gasteiger partial charge in [0.05, 0.1) is 16.8 Å². The maximum Gasteiger partial charge on any atom is 0.259 e. The average molecular weight is 275 g/mol. The number of fused-ring (bicyclic) bond motifs is 2. The van der Waals surface area contributed by atoms with Crippen LogP contribution in [0.2, 0.25) is 0 Å². The van der Waals surface area contributed by atoms with Crippen LogP contribution in [-0.4, -0.2) is 13.0 Å². The second kappa shape index (κ2) is 4.79. The minimum atomic E-state index is -0.00903. The van der Waals surface area contributed by atoms with E-state index in [9.17, 15) is 4.79 Å². The summed E-state index contributed by atoms with van der Waals surface area (Å²) >= 11 is 0. The van der Waals surface area contributed by atoms with E-state index in [4.69, 9.17) is 0 Å². The minimum absolute atomic E-state index is 0.00903. The maximum absolute atomic E-state index is 12.7. The topological polar surface area (TPSA) is 20.3 Å². The lowest BCUT2D eigenvalue weighted by Gasteiger charge is -2.23. The zero-order valence-electron chi connectivity index (χ0n) is 12.7. The monoisotopic (exact) mass is 275 g/mol. The Morgan fingerprint density at radius 1 is 0.952 bits per heavy atom. The number of amides is 1. The Hall–Kier alpha value is -2.53. The molecule has 2 aromatic rings. The molecule has 0 saturated heterocycles. The Balaban J connectivity index is 2.33. The van der Waals surface area contributed by atoms with E-state index in [0.717, 1.165) is 33.5 Å². The lowest BCUT2D eigenvalue weighted by atomic mass is 9.97. The normalized spacial score (nSPS) is 12.8. The molecule has 0 radical (unpaired) electrons. The van der Waals surface area contributed by atoms with E-state index >= 15 is 0 Å². The van der Waals surface area contributed by atoms with Crippen molar-refractivity contribution >= 4 is 11.6 Å². The second-order valence-electron chi connectivity index (χ2n) is 5.64. The standard InChI is InChI=1S/C19H17NO/c1-12-5-7-17-15(10-12)6-8-16-14(3)9-13(2)11-18(16)20(4)19(17)21/h5,7,9-11H,1-4H3. The fourth-order valence-electron chi connectivity index (χ4n) is 2.74. The second-order valence-corrected chi connectivity index (χ2v) is 5.64. The maximum atomic E-state index is 12.7. The molecule has 0 aromatic heterocycles. The SMILES string of the molecule is Cc1ccc2c(c1)C#Cc1c(C)cc(C)cc1N(C)C2=O. The number of hydrogen-bond donors (Lipinski definition) is 0. The number of anilines is 1. The molecule has 0 bridgehead atoms. The van der Waals surface area contributed by atoms with Crippen molar-refractivity contribution in [1.29, 1.82) is 0 Å². The summed E-state index contributed by atoms with van der Waals surface area (Å²) in [5.74, 6) is 6.42. The van der Waals surface area contributed by atoms with E-state index in [0.29, 0.717) is 5.56 Å². The van der Waals surface area contributed by atoms with Crippen LogP contribution in [0.5, 0.6) is 0 Å². The molecule has 0 atom stereocenters. The van der Waals surface area contributed by atoms with Crippen LogP contribution in [0.3, 0.4) is 0 Å². The quantitative estimate of drug-likeness (QED) is 0.673. The molecule has 0 fully saturated rings. The van der Waals surface area contributed by atoms with Crippen LogP contribution in [0.1, 0.15) is 38.2 Å². The molecule has 0 aliphatic carbocycles. The van der Waals surface area contributed by atoms with E-state index in [1.54, 1.807) is 4.90 Å². The molecular formula is C19H17NO. The Bertz CT molecular complexity index is 821. The van der Waals surface area contributed by atoms with E-state index in [2.05, 4.69) is 17.9 Å². The summed E-state index contributed by atoms with van der Waals surface area (Å²) in [6, 6.07) is 9.92. The van der Waals surface area contributed by atoms with Crippen molar-refractivity contribution in [3.63, 3.8) is 0 Å². The van der Waals surface area contributed by atoms with Crippen molar-refractivity contribution in [2.75, 3.05) is 11.9 Å². The molecule has 1 aliphatic rings. The van der Waals surface area contributed by atoms with Crippen LogP contribution in [0.4, 0.5) is 5.69 Å². The largest absolute Gasteiger partial charge is 0.310 e. The Labute approximate surface area is 125 Å². The van der Waals surface area contributed by atoms with Crippen molar-refractivity contribution in [3.05, 3.63) is 63.7 Å². The summed E-state index contributed by atoms with van der Waals surface area (Å²) in [6.07, 6.45) is 0. The minimum Gasteiger partial charge on any atom is -0.310 e. The van der Waals surface area contributed by atoms with Crippen LogP contribution in [0, 0.1) is 32.6 Å². The van der Waals surface area contributed by atoms with Gasteiger partial charge in [0.2, 0.25) is 0 Å². The van der Waals surface area contributed by atoms with Gasteiger partial charge in [-0.25, -0.2) is 0 Å². The van der Waals surface area contributed by atoms with Gasteiger partial charge in [-0.3, -0.25) is 4.79 Å². The van der Waals surface area contributed by atoms with E-state index < -0.39 is 0 Å². The summed E-state index contributed by atoms with van der Waals surface area (Å²) in [7, 11) is 1.82. The van der Waals surface area contributed by atoms with Crippen LogP contribution in [0.15, 0.2) is 30.3 Å². The zero-order chi connectivity index (χ0) is 15.1. The number of nitrogens with zero attached hydrogens (tertiary/aromatic N) is 1. The Morgan fingerprint density at radius 2 is 1.71 bits per heavy atom. The smallest absolute Gasteiger partial charge is 0.259 e. The number of aryl methyl sites for hydroxylation is 3. The summed E-state index contributed by atoms with van der Waals surface area (Å²) in [5.41, 5.74) is 6.64. The molecule has 1 aliphatic heterocycles. The summed E-state index contributed by atoms with van der Waals surface area (Å²) in [4.78, 5) is 14.4. The fraction of sp³-hybridized carbons (Fsp3) is 0.211. The van der Waals surface area contributed by atoms with Crippen LogP contribution >= 0.6 is 0 Å². The van der Waals surface area contributed by atoms with Crippen LogP contribution in [-0.2, 0) is 0 Å². The Morgan fingerprint density at radius 3 is 2.48 bits per heavy atom. The molecule has 21 heavy (non-hydrogen) atoms. The molecule has 1 heterocycles. The van der Waals surface area contributed by atoms with Crippen molar-refractivity contribution < 1.29 is 4.79 Å². The van der Waals surface area contributed by atoms with Gasteiger partial charge < -0.3 is 4.90 Å². The molecule has 2 heteroatoms. The van der Waals surface area contributed by atoms with Gasteiger partial charge in [-0.1, -0.05) is 24.0 Å². The highest BCUT2D eigenvalue weighted by Crippen LogP contribution is 2.28. The van der Waals surface area contributed by atoms with Gasteiger partial charge in [0, 0.05) is 12.6 Å². The number of benzene rings is 2. The fourth-order valence-corrected chi connectivity index (χ4v) is 2.74. The molecule has 0 spiro atoms. The summed E-state index contributed by atoms with van der Waals surface area (Å²) in [6.45, 7) is 6.09. The molecule has 1 amide bonds. The van der Waals surface area contributed by atoms with Crippen molar-refractivity contribution in [2.45, 2.75) is 20.8 Å². The zero-order valence-corrected chi connectivity index (χ0v) is 12.7. The van der Waals surface area contributed by atoms with Crippen LogP contribution in [0.25, 0.3) is 0 Å².